The highest BCUT2D eigenvalue weighted by atomic mass is 16.3. The van der Waals surface area contributed by atoms with Crippen molar-refractivity contribution < 1.29 is 111 Å². The Labute approximate surface area is 778 Å². The van der Waals surface area contributed by atoms with E-state index >= 15 is 0 Å². The van der Waals surface area contributed by atoms with E-state index in [0.29, 0.717) is 24.0 Å². The predicted molar refractivity (Wildman–Crippen MR) is 487 cm³/mol. The molecule has 2 aliphatic rings. The van der Waals surface area contributed by atoms with Crippen molar-refractivity contribution in [2.75, 3.05) is 39.3 Å². The highest BCUT2D eigenvalue weighted by molar-refractivity contribution is 6.02. The number of phenolic OH excluding ortho intramolecular Hbond substituents is 1. The van der Waals surface area contributed by atoms with Gasteiger partial charge in [0.25, 0.3) is 0 Å². The van der Waals surface area contributed by atoms with Crippen LogP contribution in [0.15, 0.2) is 54.7 Å². The zero-order valence-electron chi connectivity index (χ0n) is 78.8. The molecule has 2 aromatic carbocycles. The maximum atomic E-state index is 14.5. The molecule has 134 heavy (non-hydrogen) atoms. The minimum Gasteiger partial charge on any atom is -0.508 e. The van der Waals surface area contributed by atoms with Gasteiger partial charge in [-0.15, -0.1) is 0 Å². The molecule has 0 saturated carbocycles. The number of aliphatic hydroxyl groups excluding tert-OH is 2. The van der Waals surface area contributed by atoms with Crippen molar-refractivity contribution in [1.29, 1.82) is 0 Å². The number of hydrogen-bond acceptors (Lipinski definition) is 24. The number of para-hydroxylation sites is 1. The molecule has 0 unspecified atom stereocenters. The number of nitrogens with two attached hydrogens (primary N) is 3. The highest BCUT2D eigenvalue weighted by Crippen LogP contribution is 2.27. The molecule has 5 rings (SSSR count). The average Bonchev–Trinajstić information content (AvgIpc) is 1.67. The number of carbonyl (C=O) groups is 20. The number of nitrogens with one attached hydrogen (secondary N) is 17. The summed E-state index contributed by atoms with van der Waals surface area (Å²) in [5, 5.41) is 72.0. The lowest BCUT2D eigenvalue weighted by atomic mass is 9.99. The lowest BCUT2D eigenvalue weighted by Crippen LogP contribution is -2.62. The Morgan fingerprint density at radius 3 is 1.31 bits per heavy atom. The summed E-state index contributed by atoms with van der Waals surface area (Å²) < 4.78 is 0. The predicted octanol–water partition coefficient (Wildman–Crippen LogP) is -5.34. The molecular weight excluding hydrogens is 1750 g/mol. The Balaban J connectivity index is 1.19. The van der Waals surface area contributed by atoms with Gasteiger partial charge in [0.15, 0.2) is 0 Å². The van der Waals surface area contributed by atoms with E-state index in [2.05, 4.69) is 90.1 Å². The Morgan fingerprint density at radius 2 is 0.813 bits per heavy atom. The van der Waals surface area contributed by atoms with Crippen molar-refractivity contribution in [2.24, 2.45) is 46.8 Å². The van der Waals surface area contributed by atoms with Gasteiger partial charge >= 0.3 is 0 Å². The van der Waals surface area contributed by atoms with Gasteiger partial charge in [0, 0.05) is 43.0 Å². The largest absolute Gasteiger partial charge is 0.508 e. The molecule has 45 heteroatoms. The maximum Gasteiger partial charge on any atom is 0.246 e. The molecule has 0 radical (unpaired) electrons. The fourth-order valence-corrected chi connectivity index (χ4v) is 15.1. The molecule has 17 atom stereocenters. The van der Waals surface area contributed by atoms with Crippen molar-refractivity contribution in [1.82, 2.24) is 99.9 Å². The van der Waals surface area contributed by atoms with E-state index in [1.807, 2.05) is 13.8 Å². The standard InChI is InChI=1S/C89H138N22O23/c1-43(2)30-58(78(123)95-41-72(118)110-28-19-23-68(110)89(134)111-29-18-22-67(111)87(132)99-51(14)77(122)103-60(32-45(5)6)80(125)98-50(13)76(121)102-59(31-44(3)4)79(124)96-48(11)74(92)119)104-81(126)61(33-46(7)8)105-83(128)63(35-53-24-26-55(114)27-25-53)101-71(117)40-94-75(120)49(12)97-86(131)66(42-112)108-84(129)65(37-69(91)115)106-82(127)62(34-47(9)10)107-88(133)73(52(15)113)109-85(130)64(100-70(116)38-90)36-54-39-93-57-21-17-16-20-56(54)57/h16-17,20-21,24-27,39,43-52,58-68,73,93,112-114H,18-19,22-23,28-38,40-42,90H2,1-15H3,(H2,91,115)(H2,92,119)(H,94,120)(H,95,123)(H,96,124)(H,97,131)(H,98,125)(H,99,132)(H,100,116)(H,101,117)(H,102,121)(H,103,122)(H,104,126)(H,105,128)(H,106,127)(H,107,133)(H,108,129)(H,109,130)/t48-,49-,50-,51-,52+,58-,59-,60-,61-,62-,63-,64-,65-,66-,67-,68-,73-/m0/s1. The van der Waals surface area contributed by atoms with Crippen LogP contribution in [0.25, 0.3) is 10.9 Å². The summed E-state index contributed by atoms with van der Waals surface area (Å²) >= 11 is 0. The van der Waals surface area contributed by atoms with Gasteiger partial charge in [-0.3, -0.25) is 95.9 Å². The molecule has 742 valence electrons. The van der Waals surface area contributed by atoms with Crippen molar-refractivity contribution >= 4 is 129 Å². The van der Waals surface area contributed by atoms with Crippen LogP contribution < -0.4 is 102 Å². The number of benzene rings is 2. The Bertz CT molecular complexity index is 4640. The van der Waals surface area contributed by atoms with Crippen LogP contribution in [0.5, 0.6) is 5.75 Å². The molecule has 0 aliphatic carbocycles. The number of carbonyl (C=O) groups excluding carboxylic acids is 20. The third-order valence-electron chi connectivity index (χ3n) is 22.2. The highest BCUT2D eigenvalue weighted by Gasteiger charge is 2.45. The summed E-state index contributed by atoms with van der Waals surface area (Å²) in [7, 11) is 0. The summed E-state index contributed by atoms with van der Waals surface area (Å²) in [6.07, 6.45) is 0.0682. The Hall–Kier alpha value is -12.9. The van der Waals surface area contributed by atoms with Crippen molar-refractivity contribution in [2.45, 2.75) is 284 Å². The summed E-state index contributed by atoms with van der Waals surface area (Å²) in [5.41, 5.74) is 18.1. The van der Waals surface area contributed by atoms with Gasteiger partial charge < -0.3 is 132 Å². The monoisotopic (exact) mass is 1880 g/mol. The molecule has 20 amide bonds. The number of fused-ring (bicyclic) bond motifs is 1. The number of phenols is 1. The number of primary amides is 2. The van der Waals surface area contributed by atoms with Gasteiger partial charge in [-0.1, -0.05) is 99.6 Å². The third kappa shape index (κ3) is 35.9. The smallest absolute Gasteiger partial charge is 0.246 e. The van der Waals surface area contributed by atoms with Crippen LogP contribution in [0.4, 0.5) is 0 Å². The average molecular weight is 1880 g/mol. The Kier molecular flexibility index (Phi) is 44.7. The fraction of sp³-hybridized carbons (Fsp3) is 0.618. The first-order valence-electron chi connectivity index (χ1n) is 45.2. The third-order valence-corrected chi connectivity index (χ3v) is 22.2. The zero-order chi connectivity index (χ0) is 100. The van der Waals surface area contributed by atoms with E-state index < -0.39 is 254 Å². The number of hydrogen-bond donors (Lipinski definition) is 23. The number of nitrogens with zero attached hydrogens (tertiary/aromatic N) is 2. The Morgan fingerprint density at radius 1 is 0.410 bits per heavy atom. The second kappa shape index (κ2) is 53.7. The molecular formula is C89H138N22O23. The summed E-state index contributed by atoms with van der Waals surface area (Å²) in [5.74, 6) is -18.8. The molecule has 2 aliphatic heterocycles. The normalized spacial score (nSPS) is 17.0. The van der Waals surface area contributed by atoms with E-state index in [1.165, 1.54) is 61.8 Å². The van der Waals surface area contributed by atoms with Crippen LogP contribution in [0.2, 0.25) is 0 Å². The number of amides is 20. The van der Waals surface area contributed by atoms with Crippen LogP contribution in [0, 0.1) is 29.6 Å². The topological polar surface area (TPSA) is 695 Å². The molecule has 2 saturated heterocycles. The number of H-pyrrole nitrogens is 1. The molecule has 0 spiro atoms. The first kappa shape index (κ1) is 112. The van der Waals surface area contributed by atoms with Gasteiger partial charge in [0.05, 0.1) is 38.8 Å². The van der Waals surface area contributed by atoms with Crippen LogP contribution in [0.3, 0.4) is 0 Å². The molecule has 26 N–H and O–H groups in total. The SMILES string of the molecule is CC(C)C[C@H](NC(=O)[C@H](C)NC(=O)[C@H](CC(C)C)NC(=O)[C@H](C)NC(=O)[C@@H]1CCCN1C(=O)[C@@H]1CCCN1C(=O)CNC(=O)[C@H](CC(C)C)NC(=O)[C@H](CC(C)C)NC(=O)[C@H](Cc1ccc(O)cc1)NC(=O)CNC(=O)[C@H](C)NC(=O)[C@H](CO)NC(=O)[C@H](CC(N)=O)NC(=O)[C@H](CC(C)C)NC(=O)[C@@H](NC(=O)[C@H](Cc1c[nH]c2ccccc12)NC(=O)CN)[C@@H](C)O)C(=O)N[C@@H](C)C(N)=O. The molecule has 45 nitrogen and oxygen atoms in total. The molecule has 1 aromatic heterocycles. The van der Waals surface area contributed by atoms with Crippen LogP contribution >= 0.6 is 0 Å². The number of aromatic amines is 1. The molecule has 2 fully saturated rings. The van der Waals surface area contributed by atoms with E-state index in [9.17, 15) is 111 Å². The zero-order valence-corrected chi connectivity index (χ0v) is 78.8. The lowest BCUT2D eigenvalue weighted by molar-refractivity contribution is -0.147. The van der Waals surface area contributed by atoms with E-state index in [-0.39, 0.29) is 106 Å². The minimum atomic E-state index is -1.89. The number of rotatable bonds is 53. The second-order valence-electron chi connectivity index (χ2n) is 36.2. The summed E-state index contributed by atoms with van der Waals surface area (Å²) in [6.45, 7) is 21.2. The number of aromatic nitrogens is 1. The van der Waals surface area contributed by atoms with Crippen molar-refractivity contribution in [3.8, 4) is 5.75 Å². The van der Waals surface area contributed by atoms with Crippen LogP contribution in [-0.4, -0.2) is 290 Å². The number of aliphatic hydroxyl groups is 2. The number of likely N-dealkylation sites (tertiary alicyclic amines) is 2. The van der Waals surface area contributed by atoms with Crippen molar-refractivity contribution in [3.63, 3.8) is 0 Å². The van der Waals surface area contributed by atoms with E-state index in [0.717, 1.165) is 17.8 Å². The van der Waals surface area contributed by atoms with Gasteiger partial charge in [-0.05, 0) is 151 Å². The fourth-order valence-electron chi connectivity index (χ4n) is 15.1. The second-order valence-corrected chi connectivity index (χ2v) is 36.2. The maximum absolute atomic E-state index is 14.5. The van der Waals surface area contributed by atoms with Gasteiger partial charge in [0.1, 0.15) is 102 Å². The van der Waals surface area contributed by atoms with Gasteiger partial charge in [-0.25, -0.2) is 0 Å². The summed E-state index contributed by atoms with van der Waals surface area (Å²) in [6, 6.07) is -9.37. The molecule has 3 aromatic rings. The van der Waals surface area contributed by atoms with E-state index in [4.69, 9.17) is 17.2 Å². The number of aromatic hydroxyl groups is 1. The van der Waals surface area contributed by atoms with E-state index in [1.54, 1.807) is 85.9 Å². The van der Waals surface area contributed by atoms with Crippen molar-refractivity contribution in [3.05, 3.63) is 65.9 Å². The molecule has 0 bridgehead atoms. The van der Waals surface area contributed by atoms with Gasteiger partial charge in [0.2, 0.25) is 118 Å². The van der Waals surface area contributed by atoms with Gasteiger partial charge in [-0.2, -0.15) is 0 Å². The first-order valence-corrected chi connectivity index (χ1v) is 45.2. The van der Waals surface area contributed by atoms with Crippen LogP contribution in [-0.2, 0) is 109 Å². The first-order chi connectivity index (χ1) is 62.9. The quantitative estimate of drug-likeness (QED) is 0.0251. The lowest BCUT2D eigenvalue weighted by Gasteiger charge is -2.31. The summed E-state index contributed by atoms with van der Waals surface area (Å²) in [4.78, 5) is 279. The van der Waals surface area contributed by atoms with Crippen LogP contribution in [0.1, 0.15) is 179 Å². The minimum absolute atomic E-state index is 0.0201. The molecule has 3 heterocycles.